The third kappa shape index (κ3) is 6.53. The summed E-state index contributed by atoms with van der Waals surface area (Å²) in [6, 6.07) is 16.4. The zero-order valence-electron chi connectivity index (χ0n) is 23.2. The van der Waals surface area contributed by atoms with Gasteiger partial charge in [-0.2, -0.15) is 4.68 Å². The Hall–Kier alpha value is -4.34. The summed E-state index contributed by atoms with van der Waals surface area (Å²) in [5.74, 6) is 0.734. The number of tetrazole rings is 1. The molecule has 2 aliphatic heterocycles. The predicted molar refractivity (Wildman–Crippen MR) is 159 cm³/mol. The first-order valence-corrected chi connectivity index (χ1v) is 15.5. The third-order valence-corrected chi connectivity index (χ3v) is 8.92. The van der Waals surface area contributed by atoms with Crippen LogP contribution < -0.4 is 10.1 Å². The van der Waals surface area contributed by atoms with Crippen molar-refractivity contribution in [3.8, 4) is 16.3 Å². The summed E-state index contributed by atoms with van der Waals surface area (Å²) in [7, 11) is 0. The van der Waals surface area contributed by atoms with Gasteiger partial charge in [-0.25, -0.2) is 4.79 Å². The van der Waals surface area contributed by atoms with Gasteiger partial charge in [0.2, 0.25) is 5.95 Å². The van der Waals surface area contributed by atoms with Crippen molar-refractivity contribution in [2.45, 2.75) is 17.3 Å². The molecule has 1 N–H and O–H groups in total. The highest BCUT2D eigenvalue weighted by molar-refractivity contribution is 8.01. The lowest BCUT2D eigenvalue weighted by molar-refractivity contribution is -0.139. The summed E-state index contributed by atoms with van der Waals surface area (Å²) in [6.45, 7) is 4.07. The summed E-state index contributed by atoms with van der Waals surface area (Å²) >= 11 is 2.93. The minimum Gasteiger partial charge on any atom is -0.484 e. The van der Waals surface area contributed by atoms with Gasteiger partial charge < -0.3 is 24.4 Å². The fourth-order valence-electron chi connectivity index (χ4n) is 4.70. The number of nitrogens with one attached hydrogen (secondary N) is 1. The van der Waals surface area contributed by atoms with E-state index >= 15 is 0 Å². The minimum atomic E-state index is -0.653. The van der Waals surface area contributed by atoms with Crippen LogP contribution in [0.25, 0.3) is 10.6 Å². The molecule has 4 heterocycles. The molecule has 43 heavy (non-hydrogen) atoms. The van der Waals surface area contributed by atoms with E-state index in [1.807, 2.05) is 42.5 Å². The van der Waals surface area contributed by atoms with Gasteiger partial charge in [0.25, 0.3) is 5.91 Å². The quantitative estimate of drug-likeness (QED) is 0.205. The number of benzene rings is 2. The highest BCUT2D eigenvalue weighted by Gasteiger charge is 2.36. The molecule has 13 nitrogen and oxygen atoms in total. The standard InChI is InChI=1S/C28H28N8O5S2/c1-2-40-26(38)23-21(17-42-28-32-30-25(43-28)19-6-4-3-5-7-19)29-27-31-33-34-36(27)24(23)18-8-10-20(11-9-18)41-16-22(37)35-12-14-39-15-13-35/h3-11,24H,2,12-17H2,1H3,(H,29,31,34). The number of esters is 1. The maximum absolute atomic E-state index is 13.4. The molecule has 0 saturated carbocycles. The van der Waals surface area contributed by atoms with Gasteiger partial charge in [0.05, 0.1) is 25.4 Å². The number of anilines is 1. The first-order chi connectivity index (χ1) is 21.1. The number of rotatable bonds is 10. The number of ether oxygens (including phenoxy) is 3. The van der Waals surface area contributed by atoms with Crippen LogP contribution in [0.4, 0.5) is 5.95 Å². The molecule has 1 atom stereocenters. The van der Waals surface area contributed by atoms with Crippen LogP contribution in [0.2, 0.25) is 0 Å². The first-order valence-electron chi connectivity index (χ1n) is 13.7. The maximum Gasteiger partial charge on any atom is 0.338 e. The Labute approximate surface area is 255 Å². The Balaban J connectivity index is 1.23. The van der Waals surface area contributed by atoms with E-state index in [9.17, 15) is 9.59 Å². The number of nitrogens with zero attached hydrogens (tertiary/aromatic N) is 7. The van der Waals surface area contributed by atoms with Crippen LogP contribution in [0.1, 0.15) is 18.5 Å². The average Bonchev–Trinajstić information content (AvgIpc) is 3.73. The predicted octanol–water partition coefficient (Wildman–Crippen LogP) is 3.05. The third-order valence-electron chi connectivity index (χ3n) is 6.78. The van der Waals surface area contributed by atoms with E-state index in [1.165, 1.54) is 23.1 Å². The summed E-state index contributed by atoms with van der Waals surface area (Å²) in [6.07, 6.45) is 0. The normalized spacial score (nSPS) is 16.4. The number of hydrogen-bond acceptors (Lipinski definition) is 13. The van der Waals surface area contributed by atoms with Gasteiger partial charge >= 0.3 is 5.97 Å². The Morgan fingerprint density at radius 3 is 2.63 bits per heavy atom. The lowest BCUT2D eigenvalue weighted by Gasteiger charge is -2.28. The van der Waals surface area contributed by atoms with Gasteiger partial charge in [0, 0.05) is 30.1 Å². The number of aromatic nitrogens is 6. The number of thioether (sulfide) groups is 1. The van der Waals surface area contributed by atoms with Crippen molar-refractivity contribution in [3.05, 3.63) is 71.4 Å². The number of amides is 1. The molecule has 1 unspecified atom stereocenters. The number of morpholine rings is 1. The number of hydrogen-bond donors (Lipinski definition) is 1. The first kappa shape index (κ1) is 28.8. The molecule has 2 aromatic heterocycles. The van der Waals surface area contributed by atoms with Crippen molar-refractivity contribution in [2.75, 3.05) is 50.6 Å². The molecule has 1 fully saturated rings. The summed E-state index contributed by atoms with van der Waals surface area (Å²) in [4.78, 5) is 27.6. The van der Waals surface area contributed by atoms with E-state index in [0.29, 0.717) is 55.0 Å². The van der Waals surface area contributed by atoms with Gasteiger partial charge in [-0.1, -0.05) is 70.7 Å². The van der Waals surface area contributed by atoms with Crippen molar-refractivity contribution in [1.29, 1.82) is 0 Å². The minimum absolute atomic E-state index is 0.0726. The van der Waals surface area contributed by atoms with E-state index < -0.39 is 12.0 Å². The summed E-state index contributed by atoms with van der Waals surface area (Å²) in [5, 5.41) is 24.8. The van der Waals surface area contributed by atoms with Crippen LogP contribution in [0.5, 0.6) is 5.75 Å². The number of carbonyl (C=O) groups excluding carboxylic acids is 2. The second-order valence-corrected chi connectivity index (χ2v) is 11.7. The zero-order chi connectivity index (χ0) is 29.6. The molecule has 1 saturated heterocycles. The smallest absolute Gasteiger partial charge is 0.338 e. The Bertz CT molecular complexity index is 1600. The molecule has 0 bridgehead atoms. The lowest BCUT2D eigenvalue weighted by atomic mass is 9.95. The zero-order valence-corrected chi connectivity index (χ0v) is 24.8. The topological polar surface area (TPSA) is 146 Å². The van der Waals surface area contributed by atoms with E-state index in [-0.39, 0.29) is 19.1 Å². The van der Waals surface area contributed by atoms with Crippen LogP contribution in [0.3, 0.4) is 0 Å². The molecule has 1 amide bonds. The van der Waals surface area contributed by atoms with E-state index in [4.69, 9.17) is 14.2 Å². The Morgan fingerprint density at radius 2 is 1.86 bits per heavy atom. The van der Waals surface area contributed by atoms with Gasteiger partial charge in [-0.15, -0.1) is 10.2 Å². The van der Waals surface area contributed by atoms with Crippen LogP contribution in [0, 0.1) is 0 Å². The molecule has 2 aliphatic rings. The molecule has 15 heteroatoms. The van der Waals surface area contributed by atoms with Crippen molar-refractivity contribution in [1.82, 2.24) is 35.3 Å². The summed E-state index contributed by atoms with van der Waals surface area (Å²) < 4.78 is 18.9. The van der Waals surface area contributed by atoms with Crippen molar-refractivity contribution >= 4 is 40.9 Å². The van der Waals surface area contributed by atoms with Crippen LogP contribution in [0.15, 0.2) is 70.2 Å². The molecular formula is C28H28N8O5S2. The van der Waals surface area contributed by atoms with Crippen LogP contribution in [-0.2, 0) is 19.1 Å². The highest BCUT2D eigenvalue weighted by Crippen LogP contribution is 2.38. The van der Waals surface area contributed by atoms with E-state index in [2.05, 4.69) is 31.0 Å². The fraction of sp³-hybridized carbons (Fsp3) is 0.321. The largest absolute Gasteiger partial charge is 0.484 e. The van der Waals surface area contributed by atoms with Crippen LogP contribution >= 0.6 is 23.1 Å². The molecule has 222 valence electrons. The highest BCUT2D eigenvalue weighted by atomic mass is 32.2. The SMILES string of the molecule is CCOC(=O)C1=C(CSc2nnc(-c3ccccc3)s2)Nc2nnnn2C1c1ccc(OCC(=O)N2CCOCC2)cc1. The molecular weight excluding hydrogens is 592 g/mol. The molecule has 0 aliphatic carbocycles. The lowest BCUT2D eigenvalue weighted by Crippen LogP contribution is -2.42. The molecule has 0 radical (unpaired) electrons. The second-order valence-electron chi connectivity index (χ2n) is 9.47. The molecule has 2 aromatic carbocycles. The molecule has 6 rings (SSSR count). The van der Waals surface area contributed by atoms with Crippen molar-refractivity contribution in [2.24, 2.45) is 0 Å². The maximum atomic E-state index is 13.4. The number of carbonyl (C=O) groups is 2. The second kappa shape index (κ2) is 13.3. The van der Waals surface area contributed by atoms with Gasteiger partial charge in [-0.3, -0.25) is 4.79 Å². The molecule has 0 spiro atoms. The van der Waals surface area contributed by atoms with Crippen molar-refractivity contribution < 1.29 is 23.8 Å². The Kier molecular flexibility index (Phi) is 8.91. The average molecular weight is 621 g/mol. The number of fused-ring (bicyclic) bond motifs is 1. The van der Waals surface area contributed by atoms with E-state index in [1.54, 1.807) is 28.6 Å². The monoisotopic (exact) mass is 620 g/mol. The Morgan fingerprint density at radius 1 is 1.07 bits per heavy atom. The van der Waals surface area contributed by atoms with E-state index in [0.717, 1.165) is 20.5 Å². The van der Waals surface area contributed by atoms with Crippen LogP contribution in [-0.4, -0.2) is 92.5 Å². The van der Waals surface area contributed by atoms with Gasteiger partial charge in [-0.05, 0) is 35.0 Å². The molecule has 4 aromatic rings. The van der Waals surface area contributed by atoms with Crippen molar-refractivity contribution in [3.63, 3.8) is 0 Å². The summed E-state index contributed by atoms with van der Waals surface area (Å²) in [5.41, 5.74) is 2.74. The van der Waals surface area contributed by atoms with Gasteiger partial charge in [0.15, 0.2) is 10.9 Å². The van der Waals surface area contributed by atoms with Gasteiger partial charge in [0.1, 0.15) is 16.8 Å². The fourth-order valence-corrected chi connectivity index (χ4v) is 6.53.